The highest BCUT2D eigenvalue weighted by Crippen LogP contribution is 2.13. The first kappa shape index (κ1) is 14.1. The second kappa shape index (κ2) is 7.23. The van der Waals surface area contributed by atoms with Crippen LogP contribution in [-0.4, -0.2) is 4.98 Å². The molecule has 0 aliphatic rings. The highest BCUT2D eigenvalue weighted by atomic mass is 14.9. The molecular formula is C20H18N2. The van der Waals surface area contributed by atoms with Crippen LogP contribution in [0.5, 0.6) is 0 Å². The van der Waals surface area contributed by atoms with Crippen molar-refractivity contribution in [3.05, 3.63) is 95.8 Å². The summed E-state index contributed by atoms with van der Waals surface area (Å²) in [6, 6.07) is 24.7. The van der Waals surface area contributed by atoms with Gasteiger partial charge in [0, 0.05) is 11.9 Å². The Bertz CT molecular complexity index is 717. The Morgan fingerprint density at radius 3 is 2.09 bits per heavy atom. The van der Waals surface area contributed by atoms with Gasteiger partial charge < -0.3 is 5.32 Å². The topological polar surface area (TPSA) is 24.9 Å². The van der Waals surface area contributed by atoms with Crippen LogP contribution in [0.15, 0.2) is 79.0 Å². The predicted octanol–water partition coefficient (Wildman–Crippen LogP) is 4.86. The molecule has 1 aromatic heterocycles. The van der Waals surface area contributed by atoms with Crippen LogP contribution in [0.1, 0.15) is 16.8 Å². The first-order valence-electron chi connectivity index (χ1n) is 7.37. The van der Waals surface area contributed by atoms with Crippen LogP contribution < -0.4 is 5.32 Å². The van der Waals surface area contributed by atoms with E-state index in [1.807, 2.05) is 42.6 Å². The molecule has 0 aliphatic heterocycles. The number of hydrogen-bond acceptors (Lipinski definition) is 2. The van der Waals surface area contributed by atoms with Gasteiger partial charge in [-0.2, -0.15) is 0 Å². The Hall–Kier alpha value is -2.87. The van der Waals surface area contributed by atoms with E-state index in [4.69, 9.17) is 0 Å². The molecule has 108 valence electrons. The normalized spacial score (nSPS) is 10.7. The number of benzene rings is 2. The Balaban J connectivity index is 1.59. The summed E-state index contributed by atoms with van der Waals surface area (Å²) in [6.07, 6.45) is 6.06. The van der Waals surface area contributed by atoms with Gasteiger partial charge in [0.25, 0.3) is 0 Å². The number of anilines is 1. The Labute approximate surface area is 131 Å². The van der Waals surface area contributed by atoms with Gasteiger partial charge in [-0.25, -0.2) is 0 Å². The summed E-state index contributed by atoms with van der Waals surface area (Å²) in [7, 11) is 0. The lowest BCUT2D eigenvalue weighted by molar-refractivity contribution is 1.05. The highest BCUT2D eigenvalue weighted by molar-refractivity contribution is 5.70. The third kappa shape index (κ3) is 4.06. The van der Waals surface area contributed by atoms with Gasteiger partial charge in [0.05, 0.1) is 12.2 Å². The Morgan fingerprint density at radius 1 is 0.727 bits per heavy atom. The van der Waals surface area contributed by atoms with Crippen molar-refractivity contribution in [3.8, 4) is 0 Å². The molecule has 3 aromatic rings. The van der Waals surface area contributed by atoms with Crippen LogP contribution in [-0.2, 0) is 6.54 Å². The van der Waals surface area contributed by atoms with Gasteiger partial charge in [0.1, 0.15) is 0 Å². The fourth-order valence-corrected chi connectivity index (χ4v) is 2.16. The maximum absolute atomic E-state index is 4.30. The van der Waals surface area contributed by atoms with Crippen LogP contribution in [0.3, 0.4) is 0 Å². The zero-order valence-corrected chi connectivity index (χ0v) is 12.3. The van der Waals surface area contributed by atoms with Gasteiger partial charge in [-0.1, -0.05) is 60.7 Å². The van der Waals surface area contributed by atoms with E-state index < -0.39 is 0 Å². The number of nitrogens with zero attached hydrogens (tertiary/aromatic N) is 1. The maximum atomic E-state index is 4.30. The molecule has 2 nitrogen and oxygen atoms in total. The quantitative estimate of drug-likeness (QED) is 0.677. The first-order valence-corrected chi connectivity index (χ1v) is 7.37. The molecule has 3 rings (SSSR count). The number of pyridine rings is 1. The molecular weight excluding hydrogens is 268 g/mol. The molecule has 0 unspecified atom stereocenters. The number of aromatic nitrogens is 1. The molecule has 0 saturated heterocycles. The molecule has 0 saturated carbocycles. The third-order valence-electron chi connectivity index (χ3n) is 3.38. The van der Waals surface area contributed by atoms with E-state index in [1.165, 1.54) is 11.1 Å². The number of rotatable bonds is 5. The van der Waals surface area contributed by atoms with E-state index in [1.54, 1.807) is 0 Å². The van der Waals surface area contributed by atoms with E-state index in [2.05, 4.69) is 58.9 Å². The summed E-state index contributed by atoms with van der Waals surface area (Å²) in [5, 5.41) is 3.38. The molecule has 1 N–H and O–H groups in total. The number of hydrogen-bond donors (Lipinski definition) is 1. The summed E-state index contributed by atoms with van der Waals surface area (Å²) in [5.41, 5.74) is 4.53. The average molecular weight is 286 g/mol. The fraction of sp³-hybridized carbons (Fsp3) is 0.0500. The zero-order valence-electron chi connectivity index (χ0n) is 12.3. The molecule has 2 heteroatoms. The van der Waals surface area contributed by atoms with Crippen molar-refractivity contribution in [2.75, 3.05) is 5.32 Å². The van der Waals surface area contributed by atoms with Crippen molar-refractivity contribution < 1.29 is 0 Å². The Morgan fingerprint density at radius 2 is 1.41 bits per heavy atom. The molecule has 0 bridgehead atoms. The molecule has 22 heavy (non-hydrogen) atoms. The monoisotopic (exact) mass is 286 g/mol. The van der Waals surface area contributed by atoms with Crippen LogP contribution in [0.4, 0.5) is 5.69 Å². The Kier molecular flexibility index (Phi) is 4.63. The summed E-state index contributed by atoms with van der Waals surface area (Å²) < 4.78 is 0. The maximum Gasteiger partial charge on any atom is 0.0594 e. The highest BCUT2D eigenvalue weighted by Gasteiger charge is 1.94. The smallest absolute Gasteiger partial charge is 0.0594 e. The van der Waals surface area contributed by atoms with Crippen molar-refractivity contribution in [2.24, 2.45) is 0 Å². The van der Waals surface area contributed by atoms with Crippen molar-refractivity contribution >= 4 is 17.8 Å². The van der Waals surface area contributed by atoms with E-state index in [0.717, 1.165) is 17.9 Å². The predicted molar refractivity (Wildman–Crippen MR) is 93.4 cm³/mol. The van der Waals surface area contributed by atoms with E-state index in [0.29, 0.717) is 0 Å². The standard InChI is InChI=1S/C20H18N2/c1-2-6-17(7-3-1)9-10-18-11-13-19(14-12-18)22-16-20-8-4-5-15-21-20/h1-15,22H,16H2/b10-9+. The van der Waals surface area contributed by atoms with Crippen LogP contribution >= 0.6 is 0 Å². The second-order valence-corrected chi connectivity index (χ2v) is 5.04. The van der Waals surface area contributed by atoms with Crippen LogP contribution in [0.25, 0.3) is 12.2 Å². The van der Waals surface area contributed by atoms with E-state index >= 15 is 0 Å². The zero-order chi connectivity index (χ0) is 15.0. The molecule has 1 heterocycles. The van der Waals surface area contributed by atoms with Crippen molar-refractivity contribution in [3.63, 3.8) is 0 Å². The third-order valence-corrected chi connectivity index (χ3v) is 3.38. The second-order valence-electron chi connectivity index (χ2n) is 5.04. The minimum atomic E-state index is 0.736. The fourth-order valence-electron chi connectivity index (χ4n) is 2.16. The summed E-state index contributed by atoms with van der Waals surface area (Å²) >= 11 is 0. The van der Waals surface area contributed by atoms with Crippen molar-refractivity contribution in [1.82, 2.24) is 4.98 Å². The van der Waals surface area contributed by atoms with Gasteiger partial charge >= 0.3 is 0 Å². The minimum absolute atomic E-state index is 0.736. The largest absolute Gasteiger partial charge is 0.379 e. The molecule has 0 aliphatic carbocycles. The van der Waals surface area contributed by atoms with Gasteiger partial charge in [-0.15, -0.1) is 0 Å². The van der Waals surface area contributed by atoms with Gasteiger partial charge in [-0.3, -0.25) is 4.98 Å². The van der Waals surface area contributed by atoms with Crippen LogP contribution in [0.2, 0.25) is 0 Å². The summed E-state index contributed by atoms with van der Waals surface area (Å²) in [4.78, 5) is 4.30. The number of nitrogens with one attached hydrogen (secondary N) is 1. The lowest BCUT2D eigenvalue weighted by atomic mass is 10.1. The van der Waals surface area contributed by atoms with E-state index in [9.17, 15) is 0 Å². The average Bonchev–Trinajstić information content (AvgIpc) is 2.61. The van der Waals surface area contributed by atoms with Gasteiger partial charge in [0.15, 0.2) is 0 Å². The lowest BCUT2D eigenvalue weighted by Gasteiger charge is -2.06. The SMILES string of the molecule is C(=C\c1ccc(NCc2ccccn2)cc1)/c1ccccc1. The summed E-state index contributed by atoms with van der Waals surface area (Å²) in [6.45, 7) is 0.736. The molecule has 0 fully saturated rings. The molecule has 0 radical (unpaired) electrons. The van der Waals surface area contributed by atoms with E-state index in [-0.39, 0.29) is 0 Å². The minimum Gasteiger partial charge on any atom is -0.379 e. The van der Waals surface area contributed by atoms with Gasteiger partial charge in [0.2, 0.25) is 0 Å². The molecule has 2 aromatic carbocycles. The van der Waals surface area contributed by atoms with Crippen LogP contribution in [0, 0.1) is 0 Å². The van der Waals surface area contributed by atoms with Crippen molar-refractivity contribution in [2.45, 2.75) is 6.54 Å². The lowest BCUT2D eigenvalue weighted by Crippen LogP contribution is -2.00. The summed E-state index contributed by atoms with van der Waals surface area (Å²) in [5.74, 6) is 0. The molecule has 0 atom stereocenters. The first-order chi connectivity index (χ1) is 10.9. The molecule has 0 amide bonds. The molecule has 0 spiro atoms. The van der Waals surface area contributed by atoms with Gasteiger partial charge in [-0.05, 0) is 35.4 Å². The van der Waals surface area contributed by atoms with Crippen molar-refractivity contribution in [1.29, 1.82) is 0 Å².